The number of carbonyl (C=O) groups is 2. The van der Waals surface area contributed by atoms with Gasteiger partial charge in [0.2, 0.25) is 5.91 Å². The third kappa shape index (κ3) is 5.09. The molecular formula is C12H15N3O3S. The first-order valence-electron chi connectivity index (χ1n) is 5.63. The topological polar surface area (TPSA) is 82.9 Å². The number of hydrogen-bond donors (Lipinski definition) is 2. The number of nitrogens with zero attached hydrogens (tertiary/aromatic N) is 3. The average molecular weight is 281 g/mol. The van der Waals surface area contributed by atoms with Gasteiger partial charge >= 0.3 is 5.97 Å². The summed E-state index contributed by atoms with van der Waals surface area (Å²) in [6.07, 6.45) is 2.94. The SMILES string of the molecule is C[C@H](CS)C(=O)N(CC(=O)O)/N=C\c1ccccn1. The molecule has 0 bridgehead atoms. The Morgan fingerprint density at radius 2 is 2.32 bits per heavy atom. The molecule has 1 aromatic rings. The monoisotopic (exact) mass is 281 g/mol. The third-order valence-electron chi connectivity index (χ3n) is 2.25. The fraction of sp³-hybridized carbons (Fsp3) is 0.333. The molecule has 0 unspecified atom stereocenters. The van der Waals surface area contributed by atoms with Crippen molar-refractivity contribution in [2.45, 2.75) is 6.92 Å². The maximum absolute atomic E-state index is 11.9. The largest absolute Gasteiger partial charge is 0.480 e. The second-order valence-electron chi connectivity index (χ2n) is 3.87. The molecule has 1 heterocycles. The Hall–Kier alpha value is -1.89. The Morgan fingerprint density at radius 3 is 2.84 bits per heavy atom. The van der Waals surface area contributed by atoms with Crippen LogP contribution in [0, 0.1) is 5.92 Å². The van der Waals surface area contributed by atoms with Crippen molar-refractivity contribution < 1.29 is 14.7 Å². The zero-order chi connectivity index (χ0) is 14.3. The molecule has 6 nitrogen and oxygen atoms in total. The van der Waals surface area contributed by atoms with E-state index in [4.69, 9.17) is 5.11 Å². The zero-order valence-corrected chi connectivity index (χ0v) is 11.3. The van der Waals surface area contributed by atoms with E-state index in [1.807, 2.05) is 0 Å². The molecule has 0 aliphatic carbocycles. The number of aliphatic carboxylic acids is 1. The molecule has 0 aromatic carbocycles. The van der Waals surface area contributed by atoms with Gasteiger partial charge in [-0.2, -0.15) is 17.7 Å². The van der Waals surface area contributed by atoms with E-state index in [2.05, 4.69) is 22.7 Å². The van der Waals surface area contributed by atoms with Crippen LogP contribution in [-0.4, -0.2) is 45.5 Å². The number of hydrazone groups is 1. The maximum atomic E-state index is 11.9. The molecule has 1 amide bonds. The van der Waals surface area contributed by atoms with E-state index >= 15 is 0 Å². The van der Waals surface area contributed by atoms with Gasteiger partial charge in [-0.25, -0.2) is 5.01 Å². The van der Waals surface area contributed by atoms with Gasteiger partial charge in [-0.1, -0.05) is 13.0 Å². The summed E-state index contributed by atoms with van der Waals surface area (Å²) in [4.78, 5) is 26.6. The number of carboxylic acids is 1. The molecule has 0 radical (unpaired) electrons. The molecule has 0 saturated carbocycles. The van der Waals surface area contributed by atoms with Crippen LogP contribution in [0.25, 0.3) is 0 Å². The summed E-state index contributed by atoms with van der Waals surface area (Å²) in [5.74, 6) is -1.58. The molecule has 0 aliphatic rings. The summed E-state index contributed by atoms with van der Waals surface area (Å²) in [6.45, 7) is 1.18. The van der Waals surface area contributed by atoms with Crippen LogP contribution in [0.2, 0.25) is 0 Å². The van der Waals surface area contributed by atoms with Gasteiger partial charge in [0, 0.05) is 17.9 Å². The number of carboxylic acid groups (broad SMARTS) is 1. The Morgan fingerprint density at radius 1 is 1.58 bits per heavy atom. The van der Waals surface area contributed by atoms with E-state index < -0.39 is 18.4 Å². The summed E-state index contributed by atoms with van der Waals surface area (Å²) >= 11 is 4.02. The van der Waals surface area contributed by atoms with Crippen molar-refractivity contribution in [3.05, 3.63) is 30.1 Å². The highest BCUT2D eigenvalue weighted by atomic mass is 32.1. The van der Waals surface area contributed by atoms with E-state index in [9.17, 15) is 9.59 Å². The van der Waals surface area contributed by atoms with Crippen LogP contribution < -0.4 is 0 Å². The minimum atomic E-state index is -1.13. The smallest absolute Gasteiger partial charge is 0.325 e. The summed E-state index contributed by atoms with van der Waals surface area (Å²) in [6, 6.07) is 5.23. The second-order valence-corrected chi connectivity index (χ2v) is 4.24. The number of aromatic nitrogens is 1. The maximum Gasteiger partial charge on any atom is 0.325 e. The van der Waals surface area contributed by atoms with Gasteiger partial charge in [0.05, 0.1) is 11.9 Å². The van der Waals surface area contributed by atoms with Crippen molar-refractivity contribution >= 4 is 30.7 Å². The van der Waals surface area contributed by atoms with Crippen molar-refractivity contribution in [3.8, 4) is 0 Å². The summed E-state index contributed by atoms with van der Waals surface area (Å²) in [5.41, 5.74) is 0.546. The molecular weight excluding hydrogens is 266 g/mol. The van der Waals surface area contributed by atoms with Gasteiger partial charge in [0.1, 0.15) is 6.54 Å². The van der Waals surface area contributed by atoms with E-state index in [1.165, 1.54) is 6.21 Å². The molecule has 1 N–H and O–H groups in total. The lowest BCUT2D eigenvalue weighted by molar-refractivity contribution is -0.145. The molecule has 1 aromatic heterocycles. The molecule has 0 fully saturated rings. The van der Waals surface area contributed by atoms with Crippen molar-refractivity contribution in [1.29, 1.82) is 0 Å². The lowest BCUT2D eigenvalue weighted by Crippen LogP contribution is -2.35. The van der Waals surface area contributed by atoms with Crippen molar-refractivity contribution in [2.75, 3.05) is 12.3 Å². The first-order valence-corrected chi connectivity index (χ1v) is 6.27. The summed E-state index contributed by atoms with van der Waals surface area (Å²) in [7, 11) is 0. The third-order valence-corrected chi connectivity index (χ3v) is 2.80. The highest BCUT2D eigenvalue weighted by molar-refractivity contribution is 7.80. The molecule has 0 spiro atoms. The first kappa shape index (κ1) is 15.2. The molecule has 1 rings (SSSR count). The van der Waals surface area contributed by atoms with E-state index in [0.29, 0.717) is 11.4 Å². The lowest BCUT2D eigenvalue weighted by Gasteiger charge is -2.17. The fourth-order valence-corrected chi connectivity index (χ4v) is 1.37. The van der Waals surface area contributed by atoms with Crippen LogP contribution in [0.3, 0.4) is 0 Å². The standard InChI is InChI=1S/C12H15N3O3S/c1-9(8-19)12(18)15(7-11(16)17)14-6-10-4-2-3-5-13-10/h2-6,9,19H,7-8H2,1H3,(H,16,17)/b14-6-/t9-/m1/s1. The van der Waals surface area contributed by atoms with Crippen LogP contribution in [0.5, 0.6) is 0 Å². The molecule has 1 atom stereocenters. The number of pyridine rings is 1. The van der Waals surface area contributed by atoms with E-state index in [0.717, 1.165) is 5.01 Å². The van der Waals surface area contributed by atoms with Gasteiger partial charge in [-0.3, -0.25) is 14.6 Å². The van der Waals surface area contributed by atoms with Gasteiger partial charge in [0.25, 0.3) is 0 Å². The minimum absolute atomic E-state index is 0.327. The Labute approximate surface area is 116 Å². The summed E-state index contributed by atoms with van der Waals surface area (Å²) in [5, 5.41) is 13.6. The van der Waals surface area contributed by atoms with Crippen molar-refractivity contribution in [2.24, 2.45) is 11.0 Å². The fourth-order valence-electron chi connectivity index (χ4n) is 1.22. The highest BCUT2D eigenvalue weighted by Gasteiger charge is 2.20. The average Bonchev–Trinajstić information content (AvgIpc) is 2.42. The van der Waals surface area contributed by atoms with E-state index in [1.54, 1.807) is 31.3 Å². The minimum Gasteiger partial charge on any atom is -0.480 e. The number of amides is 1. The van der Waals surface area contributed by atoms with Gasteiger partial charge in [-0.15, -0.1) is 0 Å². The number of carbonyl (C=O) groups excluding carboxylic acids is 1. The second kappa shape index (κ2) is 7.52. The van der Waals surface area contributed by atoms with Crippen LogP contribution in [0.15, 0.2) is 29.5 Å². The van der Waals surface area contributed by atoms with Gasteiger partial charge in [-0.05, 0) is 12.1 Å². The van der Waals surface area contributed by atoms with Gasteiger partial charge in [0.15, 0.2) is 0 Å². The number of thiol groups is 1. The predicted molar refractivity (Wildman–Crippen MR) is 74.2 cm³/mol. The van der Waals surface area contributed by atoms with Crippen LogP contribution in [0.4, 0.5) is 0 Å². The van der Waals surface area contributed by atoms with Crippen LogP contribution in [0.1, 0.15) is 12.6 Å². The van der Waals surface area contributed by atoms with Gasteiger partial charge < -0.3 is 5.11 Å². The molecule has 19 heavy (non-hydrogen) atoms. The first-order chi connectivity index (χ1) is 9.04. The Kier molecular flexibility index (Phi) is 6.01. The van der Waals surface area contributed by atoms with Crippen molar-refractivity contribution in [3.63, 3.8) is 0 Å². The Bertz CT molecular complexity index is 465. The Balaban J connectivity index is 2.83. The van der Waals surface area contributed by atoms with Crippen LogP contribution >= 0.6 is 12.6 Å². The molecule has 7 heteroatoms. The highest BCUT2D eigenvalue weighted by Crippen LogP contribution is 2.05. The lowest BCUT2D eigenvalue weighted by atomic mass is 10.2. The normalized spacial score (nSPS) is 12.3. The molecule has 102 valence electrons. The van der Waals surface area contributed by atoms with Crippen LogP contribution in [-0.2, 0) is 9.59 Å². The number of hydrogen-bond acceptors (Lipinski definition) is 5. The zero-order valence-electron chi connectivity index (χ0n) is 10.4. The molecule has 0 saturated heterocycles. The quantitative estimate of drug-likeness (QED) is 0.461. The molecule has 0 aliphatic heterocycles. The number of rotatable bonds is 6. The summed E-state index contributed by atoms with van der Waals surface area (Å²) < 4.78 is 0. The predicted octanol–water partition coefficient (Wildman–Crippen LogP) is 0.895. The van der Waals surface area contributed by atoms with E-state index in [-0.39, 0.29) is 5.91 Å². The van der Waals surface area contributed by atoms with Crippen molar-refractivity contribution in [1.82, 2.24) is 9.99 Å².